The standard InChI is InChI=1S/C19H32N6O3.HI/c1-4-27-18(26)15-7-5-9-25(13-15)19(20-11-16-8-6-10-28-16)21-12-17-23-22-14(2)24(17)3;/h15-16H,4-13H2,1-3H3,(H,20,21);1H. The summed E-state index contributed by atoms with van der Waals surface area (Å²) in [6.45, 7) is 7.65. The smallest absolute Gasteiger partial charge is 0.310 e. The van der Waals surface area contributed by atoms with Crippen LogP contribution in [0.4, 0.5) is 0 Å². The molecule has 1 aromatic rings. The van der Waals surface area contributed by atoms with Gasteiger partial charge in [-0.05, 0) is 39.5 Å². The van der Waals surface area contributed by atoms with Gasteiger partial charge in [-0.3, -0.25) is 4.79 Å². The number of carbonyl (C=O) groups excluding carboxylic acids is 1. The van der Waals surface area contributed by atoms with E-state index in [1.165, 1.54) is 0 Å². The Morgan fingerprint density at radius 1 is 1.34 bits per heavy atom. The van der Waals surface area contributed by atoms with Crippen LogP contribution in [0.5, 0.6) is 0 Å². The number of carbonyl (C=O) groups is 1. The summed E-state index contributed by atoms with van der Waals surface area (Å²) in [7, 11) is 1.94. The molecular formula is C19H33IN6O3. The second-order valence-electron chi connectivity index (χ2n) is 7.42. The molecule has 164 valence electrons. The second-order valence-corrected chi connectivity index (χ2v) is 7.42. The highest BCUT2D eigenvalue weighted by molar-refractivity contribution is 14.0. The van der Waals surface area contributed by atoms with Crippen molar-refractivity contribution in [1.29, 1.82) is 0 Å². The van der Waals surface area contributed by atoms with Crippen LogP contribution < -0.4 is 5.32 Å². The molecule has 0 saturated carbocycles. The zero-order valence-corrected chi connectivity index (χ0v) is 19.9. The summed E-state index contributed by atoms with van der Waals surface area (Å²) in [4.78, 5) is 19.2. The Morgan fingerprint density at radius 3 is 2.83 bits per heavy atom. The number of nitrogens with one attached hydrogen (secondary N) is 1. The van der Waals surface area contributed by atoms with Crippen molar-refractivity contribution in [3.05, 3.63) is 11.6 Å². The van der Waals surface area contributed by atoms with Crippen molar-refractivity contribution < 1.29 is 14.3 Å². The number of likely N-dealkylation sites (tertiary alicyclic amines) is 1. The molecule has 0 bridgehead atoms. The van der Waals surface area contributed by atoms with Crippen molar-refractivity contribution in [2.75, 3.05) is 32.8 Å². The Morgan fingerprint density at radius 2 is 2.17 bits per heavy atom. The zero-order valence-electron chi connectivity index (χ0n) is 17.6. The van der Waals surface area contributed by atoms with Crippen LogP contribution in [0.15, 0.2) is 4.99 Å². The maximum absolute atomic E-state index is 12.2. The minimum atomic E-state index is -0.116. The first kappa shape index (κ1) is 23.8. The average Bonchev–Trinajstić information content (AvgIpc) is 3.33. The maximum atomic E-state index is 12.2. The van der Waals surface area contributed by atoms with E-state index >= 15 is 0 Å². The third-order valence-corrected chi connectivity index (χ3v) is 5.41. The molecule has 2 unspecified atom stereocenters. The van der Waals surface area contributed by atoms with Gasteiger partial charge in [-0.2, -0.15) is 0 Å². The van der Waals surface area contributed by atoms with Gasteiger partial charge in [-0.1, -0.05) is 0 Å². The number of halogens is 1. The first-order chi connectivity index (χ1) is 13.6. The first-order valence-electron chi connectivity index (χ1n) is 10.2. The Hall–Kier alpha value is -1.43. The molecular weight excluding hydrogens is 487 g/mol. The first-order valence-corrected chi connectivity index (χ1v) is 10.2. The van der Waals surface area contributed by atoms with Gasteiger partial charge >= 0.3 is 5.97 Å². The summed E-state index contributed by atoms with van der Waals surface area (Å²) in [5.74, 6) is 2.24. The molecule has 3 heterocycles. The van der Waals surface area contributed by atoms with Gasteiger partial charge in [-0.15, -0.1) is 34.2 Å². The van der Waals surface area contributed by atoms with Crippen molar-refractivity contribution in [3.8, 4) is 0 Å². The van der Waals surface area contributed by atoms with E-state index in [0.717, 1.165) is 63.0 Å². The monoisotopic (exact) mass is 520 g/mol. The van der Waals surface area contributed by atoms with Crippen LogP contribution in [0.3, 0.4) is 0 Å². The second kappa shape index (κ2) is 11.7. The van der Waals surface area contributed by atoms with Gasteiger partial charge < -0.3 is 24.3 Å². The van der Waals surface area contributed by atoms with E-state index in [0.29, 0.717) is 19.7 Å². The fourth-order valence-electron chi connectivity index (χ4n) is 3.63. The van der Waals surface area contributed by atoms with Crippen LogP contribution in [-0.4, -0.2) is 70.5 Å². The number of aryl methyl sites for hydroxylation is 1. The number of guanidine groups is 1. The molecule has 0 amide bonds. The summed E-state index contributed by atoms with van der Waals surface area (Å²) < 4.78 is 12.9. The topological polar surface area (TPSA) is 93.9 Å². The molecule has 0 spiro atoms. The van der Waals surface area contributed by atoms with Gasteiger partial charge in [-0.25, -0.2) is 4.99 Å². The number of aromatic nitrogens is 3. The van der Waals surface area contributed by atoms with Crippen LogP contribution in [0.1, 0.15) is 44.3 Å². The largest absolute Gasteiger partial charge is 0.466 e. The van der Waals surface area contributed by atoms with Gasteiger partial charge in [0.25, 0.3) is 0 Å². The minimum Gasteiger partial charge on any atom is -0.466 e. The van der Waals surface area contributed by atoms with E-state index in [1.807, 2.05) is 25.5 Å². The average molecular weight is 520 g/mol. The number of nitrogens with zero attached hydrogens (tertiary/aromatic N) is 5. The minimum absolute atomic E-state index is 0. The molecule has 2 atom stereocenters. The predicted molar refractivity (Wildman–Crippen MR) is 120 cm³/mol. The van der Waals surface area contributed by atoms with Crippen LogP contribution >= 0.6 is 24.0 Å². The van der Waals surface area contributed by atoms with E-state index < -0.39 is 0 Å². The number of esters is 1. The fraction of sp³-hybridized carbons (Fsp3) is 0.789. The number of ether oxygens (including phenoxy) is 2. The summed E-state index contributed by atoms with van der Waals surface area (Å²) in [5.41, 5.74) is 0. The molecule has 29 heavy (non-hydrogen) atoms. The van der Waals surface area contributed by atoms with Crippen molar-refractivity contribution in [3.63, 3.8) is 0 Å². The fourth-order valence-corrected chi connectivity index (χ4v) is 3.63. The molecule has 9 nitrogen and oxygen atoms in total. The van der Waals surface area contributed by atoms with Crippen molar-refractivity contribution in [1.82, 2.24) is 25.0 Å². The number of aliphatic imine (C=N–C) groups is 1. The molecule has 2 aliphatic rings. The summed E-state index contributed by atoms with van der Waals surface area (Å²) in [6.07, 6.45) is 4.18. The third kappa shape index (κ3) is 6.53. The Balaban J connectivity index is 0.00000300. The van der Waals surface area contributed by atoms with Crippen LogP contribution in [0, 0.1) is 12.8 Å². The Kier molecular flexibility index (Phi) is 9.60. The number of rotatable bonds is 6. The SMILES string of the molecule is CCOC(=O)C1CCCN(C(=NCc2nnc(C)n2C)NCC2CCCO2)C1.I. The lowest BCUT2D eigenvalue weighted by Gasteiger charge is -2.34. The lowest BCUT2D eigenvalue weighted by atomic mass is 9.98. The Bertz CT molecular complexity index is 689. The van der Waals surface area contributed by atoms with Gasteiger partial charge in [0.15, 0.2) is 11.8 Å². The van der Waals surface area contributed by atoms with E-state index in [1.54, 1.807) is 0 Å². The van der Waals surface area contributed by atoms with E-state index in [4.69, 9.17) is 14.5 Å². The summed E-state index contributed by atoms with van der Waals surface area (Å²) in [5, 5.41) is 11.8. The number of hydrogen-bond donors (Lipinski definition) is 1. The highest BCUT2D eigenvalue weighted by Crippen LogP contribution is 2.19. The van der Waals surface area contributed by atoms with Crippen molar-refractivity contribution in [2.24, 2.45) is 18.0 Å². The van der Waals surface area contributed by atoms with E-state index in [9.17, 15) is 4.79 Å². The third-order valence-electron chi connectivity index (χ3n) is 5.41. The quantitative estimate of drug-likeness (QED) is 0.264. The van der Waals surface area contributed by atoms with Gasteiger partial charge in [0.2, 0.25) is 0 Å². The highest BCUT2D eigenvalue weighted by atomic mass is 127. The van der Waals surface area contributed by atoms with E-state index in [2.05, 4.69) is 20.4 Å². The molecule has 0 aliphatic carbocycles. The summed E-state index contributed by atoms with van der Waals surface area (Å²) in [6, 6.07) is 0. The molecule has 2 saturated heterocycles. The number of piperidine rings is 1. The molecule has 1 N–H and O–H groups in total. The molecule has 0 radical (unpaired) electrons. The van der Waals surface area contributed by atoms with Crippen molar-refractivity contribution in [2.45, 2.75) is 52.2 Å². The maximum Gasteiger partial charge on any atom is 0.310 e. The lowest BCUT2D eigenvalue weighted by molar-refractivity contribution is -0.149. The van der Waals surface area contributed by atoms with Crippen LogP contribution in [0.2, 0.25) is 0 Å². The Labute approximate surface area is 189 Å². The highest BCUT2D eigenvalue weighted by Gasteiger charge is 2.29. The molecule has 2 fully saturated rings. The van der Waals surface area contributed by atoms with Gasteiger partial charge in [0.1, 0.15) is 12.4 Å². The predicted octanol–water partition coefficient (Wildman–Crippen LogP) is 1.64. The van der Waals surface area contributed by atoms with Gasteiger partial charge in [0, 0.05) is 33.3 Å². The molecule has 10 heteroatoms. The van der Waals surface area contributed by atoms with Gasteiger partial charge in [0.05, 0.1) is 18.6 Å². The number of hydrogen-bond acceptors (Lipinski definition) is 6. The normalized spacial score (nSPS) is 22.3. The van der Waals surface area contributed by atoms with E-state index in [-0.39, 0.29) is 42.0 Å². The van der Waals surface area contributed by atoms with Crippen LogP contribution in [-0.2, 0) is 27.9 Å². The zero-order chi connectivity index (χ0) is 19.9. The molecule has 3 rings (SSSR count). The molecule has 0 aromatic carbocycles. The molecule has 2 aliphatic heterocycles. The summed E-state index contributed by atoms with van der Waals surface area (Å²) >= 11 is 0. The lowest BCUT2D eigenvalue weighted by Crippen LogP contribution is -2.49. The molecule has 1 aromatic heterocycles. The van der Waals surface area contributed by atoms with Crippen LogP contribution in [0.25, 0.3) is 0 Å². The van der Waals surface area contributed by atoms with Crippen molar-refractivity contribution >= 4 is 35.9 Å².